The van der Waals surface area contributed by atoms with Crippen LogP contribution in [0.2, 0.25) is 0 Å². The van der Waals surface area contributed by atoms with Crippen LogP contribution in [0.4, 0.5) is 0 Å². The summed E-state index contributed by atoms with van der Waals surface area (Å²) in [6.07, 6.45) is 0. The van der Waals surface area contributed by atoms with E-state index in [0.717, 1.165) is 12.1 Å². The van der Waals surface area contributed by atoms with Gasteiger partial charge in [0.25, 0.3) is 4.84 Å². The Morgan fingerprint density at radius 1 is 1.11 bits per heavy atom. The molecule has 0 aliphatic heterocycles. The van der Waals surface area contributed by atoms with Crippen molar-refractivity contribution >= 4 is 12.2 Å². The minimum atomic E-state index is 0.330. The molecule has 3 aromatic rings. The van der Waals surface area contributed by atoms with E-state index >= 15 is 0 Å². The number of nitrogens with zero attached hydrogens (tertiary/aromatic N) is 3. The van der Waals surface area contributed by atoms with Crippen LogP contribution in [0.5, 0.6) is 11.5 Å². The molecule has 0 saturated heterocycles. The molecule has 0 aliphatic rings. The molecular weight excluding hydrogens is 362 g/mol. The molecule has 0 atom stereocenters. The Morgan fingerprint density at radius 2 is 1.85 bits per heavy atom. The summed E-state index contributed by atoms with van der Waals surface area (Å²) in [7, 11) is 5.22. The number of rotatable bonds is 7. The highest BCUT2D eigenvalue weighted by atomic mass is 32.1. The highest BCUT2D eigenvalue weighted by Crippen LogP contribution is 2.31. The smallest absolute Gasteiger partial charge is 0.288 e. The minimum Gasteiger partial charge on any atom is -0.493 e. The van der Waals surface area contributed by atoms with Gasteiger partial charge in [-0.2, -0.15) is 0 Å². The van der Waals surface area contributed by atoms with Gasteiger partial charge in [0.1, 0.15) is 0 Å². The largest absolute Gasteiger partial charge is 0.493 e. The van der Waals surface area contributed by atoms with Gasteiger partial charge in [0.2, 0.25) is 5.89 Å². The Labute approximate surface area is 163 Å². The van der Waals surface area contributed by atoms with Crippen LogP contribution in [0, 0.1) is 11.8 Å². The molecule has 27 heavy (non-hydrogen) atoms. The van der Waals surface area contributed by atoms with Gasteiger partial charge < -0.3 is 13.9 Å². The molecule has 3 rings (SSSR count). The number of hydrogen-bond acceptors (Lipinski definition) is 6. The predicted molar refractivity (Wildman–Crippen MR) is 107 cm³/mol. The summed E-state index contributed by atoms with van der Waals surface area (Å²) >= 11 is 5.34. The van der Waals surface area contributed by atoms with Gasteiger partial charge in [-0.15, -0.1) is 5.10 Å². The lowest BCUT2D eigenvalue weighted by Crippen LogP contribution is -2.22. The molecule has 0 bridgehead atoms. The topological polar surface area (TPSA) is 52.7 Å². The first kappa shape index (κ1) is 19.1. The van der Waals surface area contributed by atoms with Gasteiger partial charge in [-0.3, -0.25) is 4.90 Å². The second-order valence-electron chi connectivity index (χ2n) is 6.32. The van der Waals surface area contributed by atoms with Crippen molar-refractivity contribution in [1.82, 2.24) is 14.7 Å². The molecule has 1 heterocycles. The molecule has 0 radical (unpaired) electrons. The molecule has 1 aromatic heterocycles. The third-order valence-electron chi connectivity index (χ3n) is 4.31. The van der Waals surface area contributed by atoms with Crippen molar-refractivity contribution in [3.8, 4) is 23.0 Å². The second-order valence-corrected chi connectivity index (χ2v) is 6.67. The fourth-order valence-corrected chi connectivity index (χ4v) is 3.02. The Bertz CT molecular complexity index is 981. The maximum Gasteiger partial charge on any atom is 0.288 e. The normalized spacial score (nSPS) is 11.0. The molecule has 0 spiro atoms. The Morgan fingerprint density at radius 3 is 2.56 bits per heavy atom. The standard InChI is InChI=1S/C20H23N3O3S/c1-14-7-5-6-8-16(14)12-22(2)13-23-20(27)26-19(21-23)15-9-10-17(24-3)18(11-15)25-4/h5-11H,12-13H2,1-4H3. The number of aromatic nitrogens is 2. The Balaban J connectivity index is 1.78. The highest BCUT2D eigenvalue weighted by molar-refractivity contribution is 7.71. The summed E-state index contributed by atoms with van der Waals surface area (Å²) in [4.78, 5) is 2.47. The maximum atomic E-state index is 5.69. The molecule has 2 aromatic carbocycles. The van der Waals surface area contributed by atoms with Crippen molar-refractivity contribution in [3.63, 3.8) is 0 Å². The molecule has 142 valence electrons. The number of ether oxygens (including phenoxy) is 2. The van der Waals surface area contributed by atoms with E-state index in [0.29, 0.717) is 28.9 Å². The van der Waals surface area contributed by atoms with E-state index in [2.05, 4.69) is 29.1 Å². The van der Waals surface area contributed by atoms with E-state index in [1.807, 2.05) is 37.4 Å². The van der Waals surface area contributed by atoms with E-state index in [-0.39, 0.29) is 0 Å². The van der Waals surface area contributed by atoms with E-state index < -0.39 is 0 Å². The average molecular weight is 385 g/mol. The van der Waals surface area contributed by atoms with Gasteiger partial charge in [-0.25, -0.2) is 4.68 Å². The summed E-state index contributed by atoms with van der Waals surface area (Å²) in [5.74, 6) is 1.71. The summed E-state index contributed by atoms with van der Waals surface area (Å²) < 4.78 is 18.0. The van der Waals surface area contributed by atoms with Crippen molar-refractivity contribution in [2.45, 2.75) is 20.1 Å². The third kappa shape index (κ3) is 4.37. The summed E-state index contributed by atoms with van der Waals surface area (Å²) in [6.45, 7) is 3.44. The van der Waals surface area contributed by atoms with Crippen molar-refractivity contribution in [1.29, 1.82) is 0 Å². The summed E-state index contributed by atoms with van der Waals surface area (Å²) in [5.41, 5.74) is 3.31. The zero-order chi connectivity index (χ0) is 19.4. The van der Waals surface area contributed by atoms with E-state index in [1.54, 1.807) is 18.9 Å². The predicted octanol–water partition coefficient (Wildman–Crippen LogP) is 4.29. The van der Waals surface area contributed by atoms with Crippen LogP contribution in [-0.2, 0) is 13.2 Å². The number of hydrogen-bond donors (Lipinski definition) is 0. The maximum absolute atomic E-state index is 5.69. The summed E-state index contributed by atoms with van der Waals surface area (Å²) in [5, 5.41) is 4.52. The van der Waals surface area contributed by atoms with Gasteiger partial charge in [0.05, 0.1) is 20.9 Å². The van der Waals surface area contributed by atoms with E-state index in [1.165, 1.54) is 11.1 Å². The average Bonchev–Trinajstić information content (AvgIpc) is 3.03. The molecule has 0 saturated carbocycles. The second kappa shape index (κ2) is 8.37. The molecule has 7 heteroatoms. The third-order valence-corrected chi connectivity index (χ3v) is 4.61. The number of benzene rings is 2. The number of methoxy groups -OCH3 is 2. The summed E-state index contributed by atoms with van der Waals surface area (Å²) in [6, 6.07) is 13.8. The van der Waals surface area contributed by atoms with Gasteiger partial charge >= 0.3 is 0 Å². The van der Waals surface area contributed by atoms with Crippen molar-refractivity contribution in [3.05, 3.63) is 58.4 Å². The lowest BCUT2D eigenvalue weighted by Gasteiger charge is -2.17. The van der Waals surface area contributed by atoms with Crippen LogP contribution in [0.1, 0.15) is 11.1 Å². The zero-order valence-electron chi connectivity index (χ0n) is 15.9. The Kier molecular flexibility index (Phi) is 5.93. The molecule has 0 unspecified atom stereocenters. The van der Waals surface area contributed by atoms with E-state index in [4.69, 9.17) is 26.1 Å². The fraction of sp³-hybridized carbons (Fsp3) is 0.300. The molecule has 0 fully saturated rings. The van der Waals surface area contributed by atoms with Crippen LogP contribution in [0.25, 0.3) is 11.5 Å². The van der Waals surface area contributed by atoms with Crippen molar-refractivity contribution in [2.75, 3.05) is 21.3 Å². The van der Waals surface area contributed by atoms with Gasteiger partial charge in [0, 0.05) is 12.1 Å². The fourth-order valence-electron chi connectivity index (χ4n) is 2.84. The van der Waals surface area contributed by atoms with E-state index in [9.17, 15) is 0 Å². The van der Waals surface area contributed by atoms with Crippen LogP contribution in [0.15, 0.2) is 46.9 Å². The zero-order valence-corrected chi connectivity index (χ0v) is 16.7. The monoisotopic (exact) mass is 385 g/mol. The quantitative estimate of drug-likeness (QED) is 0.566. The van der Waals surface area contributed by atoms with Crippen LogP contribution in [-0.4, -0.2) is 35.9 Å². The van der Waals surface area contributed by atoms with Crippen molar-refractivity contribution < 1.29 is 13.9 Å². The lowest BCUT2D eigenvalue weighted by atomic mass is 10.1. The first-order valence-corrected chi connectivity index (χ1v) is 8.96. The molecule has 0 N–H and O–H groups in total. The van der Waals surface area contributed by atoms with Crippen LogP contribution >= 0.6 is 12.2 Å². The first-order chi connectivity index (χ1) is 13.0. The molecule has 0 amide bonds. The Hall–Kier alpha value is -2.64. The molecule has 6 nitrogen and oxygen atoms in total. The van der Waals surface area contributed by atoms with Crippen LogP contribution in [0.3, 0.4) is 0 Å². The van der Waals surface area contributed by atoms with Crippen LogP contribution < -0.4 is 9.47 Å². The molecule has 0 aliphatic carbocycles. The highest BCUT2D eigenvalue weighted by Gasteiger charge is 2.13. The van der Waals surface area contributed by atoms with Gasteiger partial charge in [-0.1, -0.05) is 24.3 Å². The first-order valence-electron chi connectivity index (χ1n) is 8.55. The van der Waals surface area contributed by atoms with Gasteiger partial charge in [0.15, 0.2) is 11.5 Å². The minimum absolute atomic E-state index is 0.330. The lowest BCUT2D eigenvalue weighted by molar-refractivity contribution is 0.240. The molecular formula is C20H23N3O3S. The SMILES string of the molecule is COc1ccc(-c2nn(CN(C)Cc3ccccc3C)c(=S)o2)cc1OC. The number of aryl methyl sites for hydroxylation is 1. The van der Waals surface area contributed by atoms with Gasteiger partial charge in [-0.05, 0) is 55.5 Å². The van der Waals surface area contributed by atoms with Crippen molar-refractivity contribution in [2.24, 2.45) is 0 Å².